The van der Waals surface area contributed by atoms with E-state index in [1.165, 1.54) is 23.9 Å². The second-order valence-electron chi connectivity index (χ2n) is 3.36. The van der Waals surface area contributed by atoms with Gasteiger partial charge in [-0.05, 0) is 18.2 Å². The number of aliphatic carboxylic acids is 1. The number of carbonyl (C=O) groups is 2. The van der Waals surface area contributed by atoms with E-state index in [-0.39, 0.29) is 17.2 Å². The maximum Gasteiger partial charge on any atom is 0.313 e. The van der Waals surface area contributed by atoms with E-state index in [1.807, 2.05) is 0 Å². The van der Waals surface area contributed by atoms with Crippen molar-refractivity contribution in [1.82, 2.24) is 5.32 Å². The molecule has 0 bridgehead atoms. The minimum absolute atomic E-state index is 0.00137. The predicted molar refractivity (Wildman–Crippen MR) is 71.4 cm³/mol. The van der Waals surface area contributed by atoms with Gasteiger partial charge in [-0.1, -0.05) is 15.9 Å². The summed E-state index contributed by atoms with van der Waals surface area (Å²) >= 11 is 4.31. The number of thioether (sulfide) groups is 1. The van der Waals surface area contributed by atoms with Crippen molar-refractivity contribution in [3.63, 3.8) is 0 Å². The second kappa shape index (κ2) is 7.38. The Morgan fingerprint density at radius 2 is 2.11 bits per heavy atom. The molecule has 0 saturated carbocycles. The highest BCUT2D eigenvalue weighted by atomic mass is 79.9. The van der Waals surface area contributed by atoms with Gasteiger partial charge < -0.3 is 10.4 Å². The van der Waals surface area contributed by atoms with Crippen LogP contribution in [0.3, 0.4) is 0 Å². The summed E-state index contributed by atoms with van der Waals surface area (Å²) < 4.78 is 13.5. The van der Waals surface area contributed by atoms with Crippen LogP contribution in [-0.4, -0.2) is 35.0 Å². The molecule has 0 heterocycles. The molecule has 0 spiro atoms. The van der Waals surface area contributed by atoms with Crippen LogP contribution < -0.4 is 5.32 Å². The van der Waals surface area contributed by atoms with Crippen LogP contribution in [0.4, 0.5) is 4.39 Å². The third-order valence-electron chi connectivity index (χ3n) is 1.88. The van der Waals surface area contributed by atoms with Crippen molar-refractivity contribution in [3.8, 4) is 0 Å². The zero-order valence-corrected chi connectivity index (χ0v) is 11.7. The Bertz CT molecular complexity index is 436. The lowest BCUT2D eigenvalue weighted by molar-refractivity contribution is -0.133. The van der Waals surface area contributed by atoms with Crippen LogP contribution in [0.1, 0.15) is 10.4 Å². The van der Waals surface area contributed by atoms with E-state index in [0.717, 1.165) is 6.07 Å². The van der Waals surface area contributed by atoms with Gasteiger partial charge >= 0.3 is 5.97 Å². The lowest BCUT2D eigenvalue weighted by Gasteiger charge is -2.05. The maximum absolute atomic E-state index is 13.0. The molecule has 18 heavy (non-hydrogen) atoms. The van der Waals surface area contributed by atoms with Crippen molar-refractivity contribution >= 4 is 39.6 Å². The lowest BCUT2D eigenvalue weighted by atomic mass is 10.2. The van der Waals surface area contributed by atoms with Crippen molar-refractivity contribution in [1.29, 1.82) is 0 Å². The number of benzene rings is 1. The van der Waals surface area contributed by atoms with Gasteiger partial charge in [0.15, 0.2) is 0 Å². The summed E-state index contributed by atoms with van der Waals surface area (Å²) in [6.45, 7) is 0.338. The fourth-order valence-electron chi connectivity index (χ4n) is 1.18. The number of carbonyl (C=O) groups excluding carboxylic acids is 1. The molecule has 0 fully saturated rings. The predicted octanol–water partition coefficient (Wildman–Crippen LogP) is 2.14. The third-order valence-corrected chi connectivity index (χ3v) is 3.28. The number of carboxylic acids is 1. The van der Waals surface area contributed by atoms with E-state index in [9.17, 15) is 14.0 Å². The average molecular weight is 336 g/mol. The van der Waals surface area contributed by atoms with Crippen LogP contribution >= 0.6 is 27.7 Å². The summed E-state index contributed by atoms with van der Waals surface area (Å²) in [7, 11) is 0. The van der Waals surface area contributed by atoms with Gasteiger partial charge in [-0.15, -0.1) is 11.8 Å². The van der Waals surface area contributed by atoms with Gasteiger partial charge in [-0.2, -0.15) is 0 Å². The van der Waals surface area contributed by atoms with Crippen LogP contribution in [0.2, 0.25) is 0 Å². The zero-order valence-electron chi connectivity index (χ0n) is 9.28. The number of halogens is 2. The highest BCUT2D eigenvalue weighted by Crippen LogP contribution is 2.14. The molecule has 1 rings (SSSR count). The molecule has 4 nitrogen and oxygen atoms in total. The molecular weight excluding hydrogens is 325 g/mol. The topological polar surface area (TPSA) is 66.4 Å². The Kier molecular flexibility index (Phi) is 6.14. The molecule has 1 aromatic carbocycles. The molecule has 98 valence electrons. The molecule has 7 heteroatoms. The van der Waals surface area contributed by atoms with Crippen LogP contribution in [0.15, 0.2) is 22.7 Å². The van der Waals surface area contributed by atoms with E-state index < -0.39 is 11.8 Å². The molecule has 0 radical (unpaired) electrons. The number of carboxylic acid groups (broad SMARTS) is 1. The van der Waals surface area contributed by atoms with E-state index in [0.29, 0.717) is 16.8 Å². The van der Waals surface area contributed by atoms with Gasteiger partial charge in [0.25, 0.3) is 5.91 Å². The molecule has 1 amide bonds. The Morgan fingerprint density at radius 3 is 2.72 bits per heavy atom. The first-order valence-electron chi connectivity index (χ1n) is 5.03. The van der Waals surface area contributed by atoms with Crippen molar-refractivity contribution in [3.05, 3.63) is 34.1 Å². The number of nitrogens with one attached hydrogen (secondary N) is 1. The smallest absolute Gasteiger partial charge is 0.313 e. The van der Waals surface area contributed by atoms with Crippen LogP contribution in [-0.2, 0) is 4.79 Å². The van der Waals surface area contributed by atoms with E-state index >= 15 is 0 Å². The highest BCUT2D eigenvalue weighted by molar-refractivity contribution is 9.10. The molecule has 1 aromatic rings. The molecule has 2 N–H and O–H groups in total. The van der Waals surface area contributed by atoms with Gasteiger partial charge in [-0.3, -0.25) is 9.59 Å². The molecule has 0 atom stereocenters. The Hall–Kier alpha value is -1.08. The first-order valence-corrected chi connectivity index (χ1v) is 6.97. The summed E-state index contributed by atoms with van der Waals surface area (Å²) in [5, 5.41) is 11.0. The molecule has 0 saturated heterocycles. The number of hydrogen-bond acceptors (Lipinski definition) is 3. The highest BCUT2D eigenvalue weighted by Gasteiger charge is 2.07. The molecule has 0 aliphatic rings. The zero-order chi connectivity index (χ0) is 13.5. The summed E-state index contributed by atoms with van der Waals surface area (Å²) in [5.74, 6) is -1.27. The first-order chi connectivity index (χ1) is 8.49. The number of amides is 1. The molecule has 0 aromatic heterocycles. The van der Waals surface area contributed by atoms with Crippen LogP contribution in [0.5, 0.6) is 0 Å². The second-order valence-corrected chi connectivity index (χ2v) is 5.38. The van der Waals surface area contributed by atoms with Crippen LogP contribution in [0.25, 0.3) is 0 Å². The SMILES string of the molecule is O=C(O)CSCCNC(=O)c1cc(F)cc(Br)c1. The largest absolute Gasteiger partial charge is 0.481 e. The fourth-order valence-corrected chi connectivity index (χ4v) is 2.21. The van der Waals surface area contributed by atoms with Crippen molar-refractivity contribution in [2.24, 2.45) is 0 Å². The normalized spacial score (nSPS) is 10.1. The molecule has 0 aliphatic carbocycles. The van der Waals surface area contributed by atoms with Gasteiger partial charge in [0.05, 0.1) is 5.75 Å². The first kappa shape index (κ1) is 15.0. The van der Waals surface area contributed by atoms with E-state index in [1.54, 1.807) is 0 Å². The summed E-state index contributed by atoms with van der Waals surface area (Å²) in [5.41, 5.74) is 0.227. The molecule has 0 aliphatic heterocycles. The lowest BCUT2D eigenvalue weighted by Crippen LogP contribution is -2.26. The minimum atomic E-state index is -0.889. The summed E-state index contributed by atoms with van der Waals surface area (Å²) in [4.78, 5) is 21.9. The standard InChI is InChI=1S/C11H11BrFNO3S/c12-8-3-7(4-9(13)5-8)11(17)14-1-2-18-6-10(15)16/h3-5H,1-2,6H2,(H,14,17)(H,15,16). The van der Waals surface area contributed by atoms with E-state index in [4.69, 9.17) is 5.11 Å². The van der Waals surface area contributed by atoms with Crippen molar-refractivity contribution < 1.29 is 19.1 Å². The number of rotatable bonds is 6. The third kappa shape index (κ3) is 5.50. The minimum Gasteiger partial charge on any atom is -0.481 e. The van der Waals surface area contributed by atoms with Crippen LogP contribution in [0, 0.1) is 5.82 Å². The average Bonchev–Trinajstić information content (AvgIpc) is 2.26. The summed E-state index contributed by atoms with van der Waals surface area (Å²) in [6, 6.07) is 3.92. The van der Waals surface area contributed by atoms with Gasteiger partial charge in [0, 0.05) is 22.3 Å². The van der Waals surface area contributed by atoms with Gasteiger partial charge in [-0.25, -0.2) is 4.39 Å². The molecule has 0 unspecified atom stereocenters. The number of hydrogen-bond donors (Lipinski definition) is 2. The van der Waals surface area contributed by atoms with Gasteiger partial charge in [0.1, 0.15) is 5.82 Å². The van der Waals surface area contributed by atoms with Crippen molar-refractivity contribution in [2.45, 2.75) is 0 Å². The Balaban J connectivity index is 2.38. The maximum atomic E-state index is 13.0. The monoisotopic (exact) mass is 335 g/mol. The molecular formula is C11H11BrFNO3S. The van der Waals surface area contributed by atoms with Crippen molar-refractivity contribution in [2.75, 3.05) is 18.1 Å². The fraction of sp³-hybridized carbons (Fsp3) is 0.273. The quantitative estimate of drug-likeness (QED) is 0.781. The summed E-state index contributed by atoms with van der Waals surface area (Å²) in [6.07, 6.45) is 0. The Morgan fingerprint density at radius 1 is 1.39 bits per heavy atom. The van der Waals surface area contributed by atoms with E-state index in [2.05, 4.69) is 21.2 Å². The Labute approximate surface area is 116 Å². The van der Waals surface area contributed by atoms with Gasteiger partial charge in [0.2, 0.25) is 0 Å².